The summed E-state index contributed by atoms with van der Waals surface area (Å²) in [6.45, 7) is 1.02. The number of piperidine rings is 1. The molecule has 0 saturated carbocycles. The molecule has 1 aromatic heterocycles. The van der Waals surface area contributed by atoms with Crippen LogP contribution < -0.4 is 5.63 Å². The first kappa shape index (κ1) is 22.0. The zero-order valence-electron chi connectivity index (χ0n) is 19.0. The number of rotatable bonds is 3. The van der Waals surface area contributed by atoms with Crippen LogP contribution in [0.15, 0.2) is 61.0 Å². The van der Waals surface area contributed by atoms with Crippen LogP contribution in [0.1, 0.15) is 41.5 Å². The number of fused-ring (bicyclic) bond motifs is 3. The third kappa shape index (κ3) is 3.93. The summed E-state index contributed by atoms with van der Waals surface area (Å²) in [5.41, 5.74) is 3.80. The van der Waals surface area contributed by atoms with Crippen LogP contribution in [0.3, 0.4) is 0 Å². The van der Waals surface area contributed by atoms with Gasteiger partial charge in [0.05, 0.1) is 5.92 Å². The number of likely N-dealkylation sites (tertiary alicyclic amines) is 1. The quantitative estimate of drug-likeness (QED) is 0.408. The van der Waals surface area contributed by atoms with Gasteiger partial charge in [-0.15, -0.1) is 4.40 Å². The van der Waals surface area contributed by atoms with Crippen molar-refractivity contribution in [2.24, 2.45) is 10.3 Å². The van der Waals surface area contributed by atoms with E-state index in [0.717, 1.165) is 24.6 Å². The SMILES string of the molecule is O=C(OCc1cc(=O)oc2cc3c(cc12)CCC3)C1CCN(C2=NS(=O)(=O)c3ccccc32)CC1. The minimum absolute atomic E-state index is 0.0122. The molecule has 0 radical (unpaired) electrons. The smallest absolute Gasteiger partial charge is 0.336 e. The number of benzene rings is 2. The number of ether oxygens (including phenoxy) is 1. The van der Waals surface area contributed by atoms with Gasteiger partial charge in [0.25, 0.3) is 10.0 Å². The summed E-state index contributed by atoms with van der Waals surface area (Å²) < 4.78 is 39.7. The number of hydrogen-bond acceptors (Lipinski definition) is 7. The number of esters is 1. The largest absolute Gasteiger partial charge is 0.461 e. The van der Waals surface area contributed by atoms with Crippen LogP contribution in [0.25, 0.3) is 11.0 Å². The van der Waals surface area contributed by atoms with E-state index in [1.165, 1.54) is 17.2 Å². The first-order valence-electron chi connectivity index (χ1n) is 11.8. The molecule has 0 atom stereocenters. The van der Waals surface area contributed by atoms with Gasteiger partial charge in [0.15, 0.2) is 5.84 Å². The van der Waals surface area contributed by atoms with Crippen molar-refractivity contribution >= 4 is 32.8 Å². The Morgan fingerprint density at radius 2 is 1.83 bits per heavy atom. The fourth-order valence-corrected chi connectivity index (χ4v) is 6.55. The molecule has 0 bridgehead atoms. The molecular formula is C26H24N2O6S. The number of carbonyl (C=O) groups excluding carboxylic acids is 1. The summed E-state index contributed by atoms with van der Waals surface area (Å²) in [6.07, 6.45) is 4.13. The molecule has 1 saturated heterocycles. The van der Waals surface area contributed by atoms with Gasteiger partial charge < -0.3 is 14.1 Å². The highest BCUT2D eigenvalue weighted by Crippen LogP contribution is 2.31. The molecule has 1 aliphatic carbocycles. The van der Waals surface area contributed by atoms with Crippen molar-refractivity contribution < 1.29 is 22.4 Å². The summed E-state index contributed by atoms with van der Waals surface area (Å²) in [5, 5.41) is 0.812. The van der Waals surface area contributed by atoms with E-state index in [1.54, 1.807) is 24.3 Å². The molecule has 6 rings (SSSR count). The zero-order chi connectivity index (χ0) is 24.2. The van der Waals surface area contributed by atoms with Crippen molar-refractivity contribution in [3.8, 4) is 0 Å². The van der Waals surface area contributed by atoms with Crippen molar-refractivity contribution in [3.63, 3.8) is 0 Å². The number of amidine groups is 1. The Morgan fingerprint density at radius 3 is 2.63 bits per heavy atom. The van der Waals surface area contributed by atoms with Crippen molar-refractivity contribution in [3.05, 3.63) is 75.1 Å². The number of aryl methyl sites for hydroxylation is 2. The molecule has 9 heteroatoms. The maximum atomic E-state index is 12.8. The average molecular weight is 493 g/mol. The van der Waals surface area contributed by atoms with Crippen LogP contribution in [0.5, 0.6) is 0 Å². The maximum Gasteiger partial charge on any atom is 0.336 e. The van der Waals surface area contributed by atoms with E-state index >= 15 is 0 Å². The molecule has 0 spiro atoms. The molecule has 2 aromatic carbocycles. The van der Waals surface area contributed by atoms with E-state index in [-0.39, 0.29) is 23.4 Å². The molecule has 2 aliphatic heterocycles. The van der Waals surface area contributed by atoms with Crippen LogP contribution in [-0.2, 0) is 39.0 Å². The van der Waals surface area contributed by atoms with Crippen LogP contribution in [0.2, 0.25) is 0 Å². The summed E-state index contributed by atoms with van der Waals surface area (Å²) in [4.78, 5) is 27.1. The minimum atomic E-state index is -3.68. The molecule has 3 aromatic rings. The Hall–Kier alpha value is -3.46. The van der Waals surface area contributed by atoms with Gasteiger partial charge in [-0.3, -0.25) is 4.79 Å². The highest BCUT2D eigenvalue weighted by atomic mass is 32.2. The second-order valence-corrected chi connectivity index (χ2v) is 10.9. The lowest BCUT2D eigenvalue weighted by atomic mass is 9.96. The lowest BCUT2D eigenvalue weighted by molar-refractivity contribution is -0.151. The second-order valence-electron chi connectivity index (χ2n) is 9.32. The lowest BCUT2D eigenvalue weighted by Gasteiger charge is -2.32. The van der Waals surface area contributed by atoms with Crippen LogP contribution in [0, 0.1) is 5.92 Å². The molecule has 3 aliphatic rings. The Kier molecular flexibility index (Phi) is 5.25. The van der Waals surface area contributed by atoms with Gasteiger partial charge in [0.2, 0.25) is 0 Å². The molecule has 3 heterocycles. The van der Waals surface area contributed by atoms with Crippen molar-refractivity contribution in [1.82, 2.24) is 4.90 Å². The molecule has 1 fully saturated rings. The molecule has 35 heavy (non-hydrogen) atoms. The van der Waals surface area contributed by atoms with E-state index in [0.29, 0.717) is 48.5 Å². The van der Waals surface area contributed by atoms with E-state index in [4.69, 9.17) is 9.15 Å². The monoisotopic (exact) mass is 492 g/mol. The number of hydrogen-bond donors (Lipinski definition) is 0. The van der Waals surface area contributed by atoms with Crippen molar-refractivity contribution in [1.29, 1.82) is 0 Å². The van der Waals surface area contributed by atoms with Gasteiger partial charge in [-0.05, 0) is 67.5 Å². The highest BCUT2D eigenvalue weighted by molar-refractivity contribution is 7.90. The summed E-state index contributed by atoms with van der Waals surface area (Å²) in [5.74, 6) is -0.160. The van der Waals surface area contributed by atoms with Crippen molar-refractivity contribution in [2.75, 3.05) is 13.1 Å². The van der Waals surface area contributed by atoms with Gasteiger partial charge in [0.1, 0.15) is 17.1 Å². The van der Waals surface area contributed by atoms with E-state index in [2.05, 4.69) is 10.5 Å². The highest BCUT2D eigenvalue weighted by Gasteiger charge is 2.34. The van der Waals surface area contributed by atoms with Gasteiger partial charge in [-0.1, -0.05) is 12.1 Å². The summed E-state index contributed by atoms with van der Waals surface area (Å²) in [6, 6.07) is 12.2. The van der Waals surface area contributed by atoms with Crippen LogP contribution in [-0.4, -0.2) is 38.2 Å². The summed E-state index contributed by atoms with van der Waals surface area (Å²) >= 11 is 0. The Balaban J connectivity index is 1.13. The van der Waals surface area contributed by atoms with Crippen LogP contribution >= 0.6 is 0 Å². The molecule has 180 valence electrons. The summed E-state index contributed by atoms with van der Waals surface area (Å²) in [7, 11) is -3.68. The third-order valence-electron chi connectivity index (χ3n) is 7.15. The molecule has 8 nitrogen and oxygen atoms in total. The number of carbonyl (C=O) groups is 1. The predicted molar refractivity (Wildman–Crippen MR) is 129 cm³/mol. The fraction of sp³-hybridized carbons (Fsp3) is 0.346. The van der Waals surface area contributed by atoms with E-state index < -0.39 is 15.6 Å². The lowest BCUT2D eigenvalue weighted by Crippen LogP contribution is -2.40. The maximum absolute atomic E-state index is 12.8. The number of nitrogens with zero attached hydrogens (tertiary/aromatic N) is 2. The molecule has 0 amide bonds. The molecule has 0 N–H and O–H groups in total. The van der Waals surface area contributed by atoms with Crippen molar-refractivity contribution in [2.45, 2.75) is 43.6 Å². The van der Waals surface area contributed by atoms with Gasteiger partial charge in [-0.25, -0.2) is 4.79 Å². The predicted octanol–water partition coefficient (Wildman–Crippen LogP) is 3.19. The fourth-order valence-electron chi connectivity index (χ4n) is 5.32. The molecule has 0 unspecified atom stereocenters. The van der Waals surface area contributed by atoms with Gasteiger partial charge >= 0.3 is 11.6 Å². The Morgan fingerprint density at radius 1 is 1.09 bits per heavy atom. The third-order valence-corrected chi connectivity index (χ3v) is 8.48. The normalized spacial score (nSPS) is 18.9. The molecular weight excluding hydrogens is 468 g/mol. The Labute approximate surface area is 202 Å². The van der Waals surface area contributed by atoms with Gasteiger partial charge in [-0.2, -0.15) is 8.42 Å². The van der Waals surface area contributed by atoms with E-state index in [1.807, 2.05) is 11.0 Å². The standard InChI is InChI=1S/C26H24N2O6S/c29-24-14-19(21-12-17-4-3-5-18(17)13-22(21)34-24)15-33-26(30)16-8-10-28(11-9-16)25-20-6-1-2-7-23(20)35(31,32)27-25/h1-2,6-7,12-14,16H,3-5,8-11,15H2. The first-order chi connectivity index (χ1) is 16.9. The topological polar surface area (TPSA) is 106 Å². The zero-order valence-corrected chi connectivity index (χ0v) is 19.8. The number of sulfonamides is 1. The van der Waals surface area contributed by atoms with Gasteiger partial charge in [0, 0.05) is 35.7 Å². The minimum Gasteiger partial charge on any atom is -0.461 e. The van der Waals surface area contributed by atoms with E-state index in [9.17, 15) is 18.0 Å². The average Bonchev–Trinajstić information content (AvgIpc) is 3.42. The Bertz CT molecular complexity index is 1550. The second kappa shape index (κ2) is 8.34. The van der Waals surface area contributed by atoms with Crippen LogP contribution in [0.4, 0.5) is 0 Å². The first-order valence-corrected chi connectivity index (χ1v) is 13.3.